The number of ketones is 1. The van der Waals surface area contributed by atoms with E-state index in [1.165, 1.54) is 11.3 Å². The zero-order chi connectivity index (χ0) is 22.2. The van der Waals surface area contributed by atoms with Gasteiger partial charge < -0.3 is 14.4 Å². The first-order valence-corrected chi connectivity index (χ1v) is 11.5. The number of allylic oxidation sites excluding steroid dienone is 2. The van der Waals surface area contributed by atoms with E-state index in [9.17, 15) is 9.59 Å². The maximum atomic E-state index is 13.2. The summed E-state index contributed by atoms with van der Waals surface area (Å²) < 4.78 is 11.1. The Hall–Kier alpha value is -2.22. The molecule has 6 nitrogen and oxygen atoms in total. The number of hydrogen-bond donors (Lipinski definition) is 0. The first kappa shape index (κ1) is 22.0. The Labute approximate surface area is 190 Å². The van der Waals surface area contributed by atoms with Gasteiger partial charge in [-0.1, -0.05) is 37.6 Å². The molecular weight excluding hydrogens is 436 g/mol. The number of morpholine rings is 1. The van der Waals surface area contributed by atoms with E-state index in [0.717, 1.165) is 15.4 Å². The van der Waals surface area contributed by atoms with Crippen LogP contribution in [0.2, 0.25) is 5.02 Å². The molecule has 1 aliphatic heterocycles. The molecule has 2 aliphatic rings. The lowest BCUT2D eigenvalue weighted by molar-refractivity contribution is -0.116. The lowest BCUT2D eigenvalue weighted by atomic mass is 9.76. The molecule has 31 heavy (non-hydrogen) atoms. The van der Waals surface area contributed by atoms with Gasteiger partial charge in [0.05, 0.1) is 24.5 Å². The molecule has 0 radical (unpaired) electrons. The molecule has 0 atom stereocenters. The number of carbonyl (C=O) groups excluding carboxylic acids is 2. The van der Waals surface area contributed by atoms with Gasteiger partial charge in [-0.25, -0.2) is 9.78 Å². The van der Waals surface area contributed by atoms with Gasteiger partial charge in [-0.05, 0) is 24.5 Å². The van der Waals surface area contributed by atoms with Gasteiger partial charge >= 0.3 is 6.09 Å². The summed E-state index contributed by atoms with van der Waals surface area (Å²) in [5.74, 6) is 0.367. The Morgan fingerprint density at radius 3 is 2.55 bits per heavy atom. The zero-order valence-corrected chi connectivity index (χ0v) is 19.4. The largest absolute Gasteiger partial charge is 0.415 e. The molecule has 2 aromatic rings. The minimum atomic E-state index is -0.438. The van der Waals surface area contributed by atoms with E-state index in [1.54, 1.807) is 4.90 Å². The summed E-state index contributed by atoms with van der Waals surface area (Å²) >= 11 is 7.52. The predicted molar refractivity (Wildman–Crippen MR) is 121 cm³/mol. The number of carbonyl (C=O) groups is 2. The summed E-state index contributed by atoms with van der Waals surface area (Å²) in [7, 11) is 0. The number of hydrogen-bond acceptors (Lipinski definition) is 6. The van der Waals surface area contributed by atoms with Crippen molar-refractivity contribution < 1.29 is 19.1 Å². The molecule has 1 amide bonds. The van der Waals surface area contributed by atoms with Gasteiger partial charge in [-0.15, -0.1) is 11.3 Å². The highest BCUT2D eigenvalue weighted by Gasteiger charge is 2.38. The van der Waals surface area contributed by atoms with Crippen molar-refractivity contribution in [1.29, 1.82) is 0 Å². The Bertz CT molecular complexity index is 1040. The predicted octanol–water partition coefficient (Wildman–Crippen LogP) is 5.34. The van der Waals surface area contributed by atoms with E-state index >= 15 is 0 Å². The van der Waals surface area contributed by atoms with Crippen molar-refractivity contribution in [2.75, 3.05) is 26.3 Å². The number of thiazole rings is 1. The highest BCUT2D eigenvalue weighted by molar-refractivity contribution is 7.15. The summed E-state index contributed by atoms with van der Waals surface area (Å²) in [5.41, 5.74) is 1.67. The van der Waals surface area contributed by atoms with Crippen LogP contribution in [0.3, 0.4) is 0 Å². The Morgan fingerprint density at radius 2 is 1.87 bits per heavy atom. The second-order valence-corrected chi connectivity index (χ2v) is 10.3. The number of benzene rings is 1. The molecule has 0 N–H and O–H groups in total. The van der Waals surface area contributed by atoms with Crippen LogP contribution in [-0.4, -0.2) is 48.1 Å². The van der Waals surface area contributed by atoms with Crippen LogP contribution < -0.4 is 0 Å². The maximum absolute atomic E-state index is 13.2. The monoisotopic (exact) mass is 460 g/mol. The summed E-state index contributed by atoms with van der Waals surface area (Å²) in [6.07, 6.45) is 0.443. The molecule has 0 unspecified atom stereocenters. The topological polar surface area (TPSA) is 68.7 Å². The van der Waals surface area contributed by atoms with E-state index in [4.69, 9.17) is 26.1 Å². The second-order valence-electron chi connectivity index (χ2n) is 8.64. The van der Waals surface area contributed by atoms with E-state index in [1.807, 2.05) is 45.0 Å². The lowest BCUT2D eigenvalue weighted by Crippen LogP contribution is -2.41. The summed E-state index contributed by atoms with van der Waals surface area (Å²) in [6.45, 7) is 7.90. The standard InChI is InChI=1S/C23H25ClN2O4S/c1-14-20(25-21(31-14)15-4-6-16(24)7-5-15)19-17(27)12-23(2,3)13-18(19)30-22(28)26-8-10-29-11-9-26/h4-7H,8-13H2,1-3H3. The van der Waals surface area contributed by atoms with E-state index in [0.29, 0.717) is 61.2 Å². The number of amides is 1. The number of halogens is 1. The first-order chi connectivity index (χ1) is 14.7. The van der Waals surface area contributed by atoms with Gasteiger partial charge in [0.1, 0.15) is 10.8 Å². The molecule has 2 heterocycles. The fourth-order valence-corrected chi connectivity index (χ4v) is 4.93. The van der Waals surface area contributed by atoms with Crippen molar-refractivity contribution in [3.05, 3.63) is 45.6 Å². The fraction of sp³-hybridized carbons (Fsp3) is 0.435. The zero-order valence-electron chi connectivity index (χ0n) is 17.9. The van der Waals surface area contributed by atoms with Crippen molar-refractivity contribution >= 4 is 40.4 Å². The molecule has 1 aromatic carbocycles. The minimum Gasteiger partial charge on any atom is -0.414 e. The molecule has 1 aliphatic carbocycles. The molecule has 1 aromatic heterocycles. The van der Waals surface area contributed by atoms with Gasteiger partial charge in [-0.2, -0.15) is 0 Å². The van der Waals surface area contributed by atoms with Crippen molar-refractivity contribution in [1.82, 2.24) is 9.88 Å². The number of aryl methyl sites for hydroxylation is 1. The average molecular weight is 461 g/mol. The molecule has 1 fully saturated rings. The van der Waals surface area contributed by atoms with Gasteiger partial charge in [0.15, 0.2) is 5.78 Å². The molecule has 4 rings (SSSR count). The third-order valence-corrected chi connectivity index (χ3v) is 6.71. The number of ether oxygens (including phenoxy) is 2. The Balaban J connectivity index is 1.72. The van der Waals surface area contributed by atoms with Crippen LogP contribution in [-0.2, 0) is 14.3 Å². The van der Waals surface area contributed by atoms with Crippen LogP contribution in [0.1, 0.15) is 37.3 Å². The number of rotatable bonds is 3. The number of nitrogens with zero attached hydrogens (tertiary/aromatic N) is 2. The number of aromatic nitrogens is 1. The van der Waals surface area contributed by atoms with E-state index in [2.05, 4.69) is 0 Å². The smallest absolute Gasteiger partial charge is 0.414 e. The summed E-state index contributed by atoms with van der Waals surface area (Å²) in [4.78, 5) is 33.3. The average Bonchev–Trinajstić information content (AvgIpc) is 3.09. The third-order valence-electron chi connectivity index (χ3n) is 5.44. The lowest BCUT2D eigenvalue weighted by Gasteiger charge is -2.33. The van der Waals surface area contributed by atoms with Crippen molar-refractivity contribution in [2.24, 2.45) is 5.41 Å². The number of Topliss-reactive ketones (excluding diaryl/α,β-unsaturated/α-hetero) is 1. The highest BCUT2D eigenvalue weighted by Crippen LogP contribution is 2.43. The quantitative estimate of drug-likeness (QED) is 0.618. The molecule has 164 valence electrons. The highest BCUT2D eigenvalue weighted by atomic mass is 35.5. The van der Waals surface area contributed by atoms with Crippen LogP contribution in [0.5, 0.6) is 0 Å². The molecule has 0 saturated carbocycles. The van der Waals surface area contributed by atoms with Crippen LogP contribution in [0.4, 0.5) is 4.79 Å². The van der Waals surface area contributed by atoms with Crippen LogP contribution in [0, 0.1) is 12.3 Å². The van der Waals surface area contributed by atoms with Crippen molar-refractivity contribution in [3.63, 3.8) is 0 Å². The van der Waals surface area contributed by atoms with Crippen molar-refractivity contribution in [3.8, 4) is 10.6 Å². The Morgan fingerprint density at radius 1 is 1.19 bits per heavy atom. The summed E-state index contributed by atoms with van der Waals surface area (Å²) in [6, 6.07) is 7.45. The minimum absolute atomic E-state index is 0.0444. The maximum Gasteiger partial charge on any atom is 0.415 e. The third kappa shape index (κ3) is 4.84. The molecular formula is C23H25ClN2O4S. The molecule has 0 bridgehead atoms. The van der Waals surface area contributed by atoms with Crippen molar-refractivity contribution in [2.45, 2.75) is 33.6 Å². The van der Waals surface area contributed by atoms with Gasteiger partial charge in [0.25, 0.3) is 0 Å². The van der Waals surface area contributed by atoms with Crippen LogP contribution >= 0.6 is 22.9 Å². The van der Waals surface area contributed by atoms with E-state index < -0.39 is 6.09 Å². The molecule has 1 saturated heterocycles. The van der Waals surface area contributed by atoms with Gasteiger partial charge in [-0.3, -0.25) is 4.79 Å². The van der Waals surface area contributed by atoms with E-state index in [-0.39, 0.29) is 11.2 Å². The second kappa shape index (κ2) is 8.73. The van der Waals surface area contributed by atoms with Gasteiger partial charge in [0.2, 0.25) is 0 Å². The normalized spacial score (nSPS) is 19.0. The SMILES string of the molecule is Cc1sc(-c2ccc(Cl)cc2)nc1C1=C(OC(=O)N2CCOCC2)CC(C)(C)CC1=O. The fourth-order valence-electron chi connectivity index (χ4n) is 3.88. The van der Waals surface area contributed by atoms with Crippen LogP contribution in [0.25, 0.3) is 16.1 Å². The van der Waals surface area contributed by atoms with Crippen LogP contribution in [0.15, 0.2) is 30.0 Å². The molecule has 0 spiro atoms. The summed E-state index contributed by atoms with van der Waals surface area (Å²) in [5, 5.41) is 1.45. The first-order valence-electron chi connectivity index (χ1n) is 10.3. The molecule has 8 heteroatoms. The Kier molecular flexibility index (Phi) is 6.19. The van der Waals surface area contributed by atoms with Gasteiger partial charge in [0, 0.05) is 41.4 Å².